The van der Waals surface area contributed by atoms with E-state index >= 15 is 0 Å². The maximum Gasteiger partial charge on any atom is 0.167 e. The third-order valence-corrected chi connectivity index (χ3v) is 4.99. The van der Waals surface area contributed by atoms with Crippen molar-refractivity contribution in [1.82, 2.24) is 0 Å². The number of fused-ring (bicyclic) bond motifs is 1. The Morgan fingerprint density at radius 1 is 1.25 bits per heavy atom. The molecule has 3 aliphatic carbocycles. The van der Waals surface area contributed by atoms with Crippen LogP contribution in [0.3, 0.4) is 0 Å². The first-order valence-corrected chi connectivity index (χ1v) is 6.14. The minimum atomic E-state index is 0.196. The van der Waals surface area contributed by atoms with Crippen molar-refractivity contribution in [2.45, 2.75) is 40.5 Å². The first kappa shape index (κ1) is 10.1. The second-order valence-corrected chi connectivity index (χ2v) is 5.61. The SMILES string of the molecule is CC1=C(C)C2=C(C)C3(CC3)[C@H](C)C(=O)C2=C1. The van der Waals surface area contributed by atoms with Crippen molar-refractivity contribution in [2.24, 2.45) is 11.3 Å². The molecule has 0 N–H and O–H groups in total. The lowest BCUT2D eigenvalue weighted by molar-refractivity contribution is -0.120. The monoisotopic (exact) mass is 214 g/mol. The summed E-state index contributed by atoms with van der Waals surface area (Å²) >= 11 is 0. The van der Waals surface area contributed by atoms with Crippen molar-refractivity contribution in [3.63, 3.8) is 0 Å². The summed E-state index contributed by atoms with van der Waals surface area (Å²) < 4.78 is 0. The van der Waals surface area contributed by atoms with Crippen LogP contribution in [-0.2, 0) is 4.79 Å². The predicted octanol–water partition coefficient (Wildman–Crippen LogP) is 3.58. The van der Waals surface area contributed by atoms with Gasteiger partial charge in [-0.25, -0.2) is 0 Å². The van der Waals surface area contributed by atoms with Gasteiger partial charge >= 0.3 is 0 Å². The zero-order valence-corrected chi connectivity index (χ0v) is 10.5. The minimum Gasteiger partial charge on any atom is -0.294 e. The van der Waals surface area contributed by atoms with Gasteiger partial charge in [-0.05, 0) is 56.4 Å². The molecule has 1 saturated carbocycles. The molecular weight excluding hydrogens is 196 g/mol. The Kier molecular flexibility index (Phi) is 1.74. The van der Waals surface area contributed by atoms with Crippen LogP contribution in [0.2, 0.25) is 0 Å². The smallest absolute Gasteiger partial charge is 0.167 e. The Hall–Kier alpha value is -1.11. The van der Waals surface area contributed by atoms with E-state index in [0.29, 0.717) is 5.78 Å². The molecule has 0 radical (unpaired) electrons. The molecular formula is C15H18O. The minimum absolute atomic E-state index is 0.196. The van der Waals surface area contributed by atoms with Crippen LogP contribution < -0.4 is 0 Å². The lowest BCUT2D eigenvalue weighted by atomic mass is 9.70. The highest BCUT2D eigenvalue weighted by Crippen LogP contribution is 2.63. The van der Waals surface area contributed by atoms with E-state index in [1.807, 2.05) is 0 Å². The topological polar surface area (TPSA) is 17.1 Å². The molecule has 1 fully saturated rings. The van der Waals surface area contributed by atoms with Gasteiger partial charge in [0.15, 0.2) is 5.78 Å². The molecule has 0 bridgehead atoms. The number of hydrogen-bond donors (Lipinski definition) is 0. The highest BCUT2D eigenvalue weighted by molar-refractivity contribution is 6.06. The van der Waals surface area contributed by atoms with E-state index in [1.165, 1.54) is 35.1 Å². The first-order valence-electron chi connectivity index (χ1n) is 6.14. The number of Topliss-reactive ketones (excluding diaryl/α,β-unsaturated/α-hetero) is 1. The van der Waals surface area contributed by atoms with Gasteiger partial charge in [-0.15, -0.1) is 0 Å². The normalized spacial score (nSPS) is 31.1. The fourth-order valence-corrected chi connectivity index (χ4v) is 3.47. The molecule has 0 aromatic heterocycles. The summed E-state index contributed by atoms with van der Waals surface area (Å²) in [6.45, 7) is 8.61. The van der Waals surface area contributed by atoms with Crippen LogP contribution in [0.5, 0.6) is 0 Å². The Balaban J connectivity index is 2.27. The van der Waals surface area contributed by atoms with Gasteiger partial charge in [0, 0.05) is 16.9 Å². The average Bonchev–Trinajstić information content (AvgIpc) is 2.99. The van der Waals surface area contributed by atoms with Gasteiger partial charge in [0.05, 0.1) is 0 Å². The number of carbonyl (C=O) groups is 1. The Morgan fingerprint density at radius 3 is 2.44 bits per heavy atom. The van der Waals surface area contributed by atoms with E-state index in [2.05, 4.69) is 33.8 Å². The zero-order chi connectivity index (χ0) is 11.7. The highest BCUT2D eigenvalue weighted by Gasteiger charge is 2.56. The lowest BCUT2D eigenvalue weighted by Crippen LogP contribution is -2.30. The van der Waals surface area contributed by atoms with Crippen molar-refractivity contribution < 1.29 is 4.79 Å². The molecule has 0 unspecified atom stereocenters. The second-order valence-electron chi connectivity index (χ2n) is 5.61. The van der Waals surface area contributed by atoms with Crippen molar-refractivity contribution in [3.05, 3.63) is 33.9 Å². The Bertz CT molecular complexity index is 496. The van der Waals surface area contributed by atoms with E-state index in [-0.39, 0.29) is 11.3 Å². The van der Waals surface area contributed by atoms with Crippen molar-refractivity contribution in [2.75, 3.05) is 0 Å². The maximum absolute atomic E-state index is 12.4. The predicted molar refractivity (Wildman–Crippen MR) is 65.0 cm³/mol. The molecule has 3 rings (SSSR count). The molecule has 0 heterocycles. The molecule has 0 aromatic carbocycles. The van der Waals surface area contributed by atoms with Crippen molar-refractivity contribution in [3.8, 4) is 0 Å². The van der Waals surface area contributed by atoms with E-state index in [4.69, 9.17) is 0 Å². The molecule has 1 heteroatoms. The summed E-state index contributed by atoms with van der Waals surface area (Å²) in [5, 5.41) is 0. The standard InChI is InChI=1S/C15H18O/c1-8-7-12-13(9(8)2)10(3)15(5-6-15)11(4)14(12)16/h7,11H,5-6H2,1-4H3/t11-/m1/s1. The van der Waals surface area contributed by atoms with Crippen LogP contribution in [0.1, 0.15) is 40.5 Å². The largest absolute Gasteiger partial charge is 0.294 e. The zero-order valence-electron chi connectivity index (χ0n) is 10.5. The van der Waals surface area contributed by atoms with Crippen LogP contribution in [0.15, 0.2) is 33.9 Å². The number of hydrogen-bond acceptors (Lipinski definition) is 1. The van der Waals surface area contributed by atoms with Gasteiger partial charge < -0.3 is 0 Å². The summed E-state index contributed by atoms with van der Waals surface area (Å²) in [5.41, 5.74) is 6.55. The van der Waals surface area contributed by atoms with Crippen molar-refractivity contribution in [1.29, 1.82) is 0 Å². The summed E-state index contributed by atoms with van der Waals surface area (Å²) in [7, 11) is 0. The fraction of sp³-hybridized carbons (Fsp3) is 0.533. The molecule has 1 atom stereocenters. The fourth-order valence-electron chi connectivity index (χ4n) is 3.47. The van der Waals surface area contributed by atoms with Crippen LogP contribution in [0.25, 0.3) is 0 Å². The van der Waals surface area contributed by atoms with Gasteiger partial charge in [-0.1, -0.05) is 12.5 Å². The molecule has 0 saturated heterocycles. The molecule has 3 aliphatic rings. The summed E-state index contributed by atoms with van der Waals surface area (Å²) in [5.74, 6) is 0.565. The molecule has 0 amide bonds. The highest BCUT2D eigenvalue weighted by atomic mass is 16.1. The molecule has 0 aromatic rings. The second kappa shape index (κ2) is 2.77. The van der Waals surface area contributed by atoms with Crippen LogP contribution in [0.4, 0.5) is 0 Å². The molecule has 1 spiro atoms. The van der Waals surface area contributed by atoms with E-state index in [1.54, 1.807) is 0 Å². The number of ketones is 1. The van der Waals surface area contributed by atoms with E-state index in [0.717, 1.165) is 5.57 Å². The molecule has 16 heavy (non-hydrogen) atoms. The van der Waals surface area contributed by atoms with Gasteiger partial charge in [0.2, 0.25) is 0 Å². The third-order valence-electron chi connectivity index (χ3n) is 4.99. The van der Waals surface area contributed by atoms with Crippen LogP contribution in [-0.4, -0.2) is 5.78 Å². The third kappa shape index (κ3) is 0.946. The van der Waals surface area contributed by atoms with Crippen LogP contribution in [0, 0.1) is 11.3 Å². The molecule has 0 aliphatic heterocycles. The van der Waals surface area contributed by atoms with Gasteiger partial charge in [-0.3, -0.25) is 4.79 Å². The number of carbonyl (C=O) groups excluding carboxylic acids is 1. The quantitative estimate of drug-likeness (QED) is 0.602. The molecule has 84 valence electrons. The maximum atomic E-state index is 12.4. The summed E-state index contributed by atoms with van der Waals surface area (Å²) in [6.07, 6.45) is 4.49. The Labute approximate surface area is 96.9 Å². The van der Waals surface area contributed by atoms with E-state index in [9.17, 15) is 4.79 Å². The number of allylic oxidation sites excluding steroid dienone is 6. The summed E-state index contributed by atoms with van der Waals surface area (Å²) in [4.78, 5) is 12.4. The van der Waals surface area contributed by atoms with Gasteiger partial charge in [0.25, 0.3) is 0 Å². The van der Waals surface area contributed by atoms with Gasteiger partial charge in [-0.2, -0.15) is 0 Å². The average molecular weight is 214 g/mol. The first-order chi connectivity index (χ1) is 7.49. The number of rotatable bonds is 0. The lowest BCUT2D eigenvalue weighted by Gasteiger charge is -2.32. The van der Waals surface area contributed by atoms with Crippen molar-refractivity contribution >= 4 is 5.78 Å². The van der Waals surface area contributed by atoms with E-state index < -0.39 is 0 Å². The molecule has 1 nitrogen and oxygen atoms in total. The van der Waals surface area contributed by atoms with Gasteiger partial charge in [0.1, 0.15) is 0 Å². The van der Waals surface area contributed by atoms with Crippen LogP contribution >= 0.6 is 0 Å². The summed E-state index contributed by atoms with van der Waals surface area (Å²) in [6, 6.07) is 0. The Morgan fingerprint density at radius 2 is 1.88 bits per heavy atom.